The van der Waals surface area contributed by atoms with Crippen LogP contribution in [-0.4, -0.2) is 37.5 Å². The van der Waals surface area contributed by atoms with E-state index in [2.05, 4.69) is 0 Å². The molecule has 0 aliphatic heterocycles. The first-order chi connectivity index (χ1) is 7.43. The first-order valence-corrected chi connectivity index (χ1v) is 8.01. The molecule has 3 nitrogen and oxygen atoms in total. The number of aliphatic hydroxyl groups excluding tert-OH is 1. The first kappa shape index (κ1) is 13.8. The van der Waals surface area contributed by atoms with Gasteiger partial charge < -0.3 is 5.11 Å². The Hall–Kier alpha value is -0.230. The quantitative estimate of drug-likeness (QED) is 0.660. The molecular weight excluding hydrogens is 268 g/mol. The third-order valence-corrected chi connectivity index (χ3v) is 4.51. The minimum Gasteiger partial charge on any atom is -0.391 e. The smallest absolute Gasteiger partial charge is 0.175 e. The van der Waals surface area contributed by atoms with Crippen LogP contribution >= 0.6 is 23.4 Å². The van der Waals surface area contributed by atoms with Gasteiger partial charge >= 0.3 is 0 Å². The number of sulfone groups is 1. The van der Waals surface area contributed by atoms with E-state index in [4.69, 9.17) is 11.6 Å². The molecule has 0 heterocycles. The van der Waals surface area contributed by atoms with E-state index < -0.39 is 15.9 Å². The van der Waals surface area contributed by atoms with E-state index in [0.29, 0.717) is 10.6 Å². The maximum absolute atomic E-state index is 11.2. The maximum atomic E-state index is 11.2. The zero-order valence-electron chi connectivity index (χ0n) is 8.76. The van der Waals surface area contributed by atoms with Gasteiger partial charge in [0.2, 0.25) is 0 Å². The standard InChI is InChI=1S/C10H13ClO3S2/c1-16(13,14)10-4-2-9(3-5-10)15-7-8(12)6-11/h2-5,8,12H,6-7H2,1H3. The number of hydrogen-bond donors (Lipinski definition) is 1. The highest BCUT2D eigenvalue weighted by Crippen LogP contribution is 2.21. The number of thioether (sulfide) groups is 1. The van der Waals surface area contributed by atoms with Crippen LogP contribution in [0.2, 0.25) is 0 Å². The molecule has 0 bridgehead atoms. The number of aliphatic hydroxyl groups is 1. The lowest BCUT2D eigenvalue weighted by Crippen LogP contribution is -2.10. The Kier molecular flexibility index (Phi) is 5.11. The number of benzene rings is 1. The van der Waals surface area contributed by atoms with Crippen LogP contribution in [0.1, 0.15) is 0 Å². The van der Waals surface area contributed by atoms with E-state index in [0.717, 1.165) is 4.90 Å². The fourth-order valence-electron chi connectivity index (χ4n) is 1.02. The van der Waals surface area contributed by atoms with Crippen molar-refractivity contribution in [3.05, 3.63) is 24.3 Å². The highest BCUT2D eigenvalue weighted by molar-refractivity contribution is 7.99. The van der Waals surface area contributed by atoms with E-state index in [9.17, 15) is 13.5 Å². The van der Waals surface area contributed by atoms with Crippen molar-refractivity contribution in [2.45, 2.75) is 15.9 Å². The zero-order valence-corrected chi connectivity index (χ0v) is 11.1. The van der Waals surface area contributed by atoms with Gasteiger partial charge in [0.15, 0.2) is 9.84 Å². The predicted octanol–water partition coefficient (Wildman–Crippen LogP) is 1.78. The lowest BCUT2D eigenvalue weighted by molar-refractivity contribution is 0.223. The fraction of sp³-hybridized carbons (Fsp3) is 0.400. The van der Waals surface area contributed by atoms with Gasteiger partial charge in [0.1, 0.15) is 0 Å². The van der Waals surface area contributed by atoms with E-state index in [1.54, 1.807) is 24.3 Å². The van der Waals surface area contributed by atoms with Gasteiger partial charge in [-0.1, -0.05) is 0 Å². The average Bonchev–Trinajstić information content (AvgIpc) is 2.25. The predicted molar refractivity (Wildman–Crippen MR) is 67.0 cm³/mol. The van der Waals surface area contributed by atoms with Crippen molar-refractivity contribution in [1.82, 2.24) is 0 Å². The number of hydrogen-bond acceptors (Lipinski definition) is 4. The summed E-state index contributed by atoms with van der Waals surface area (Å²) in [6.45, 7) is 0. The molecule has 0 aliphatic carbocycles. The van der Waals surface area contributed by atoms with E-state index in [1.807, 2.05) is 0 Å². The summed E-state index contributed by atoms with van der Waals surface area (Å²) in [6, 6.07) is 6.57. The number of rotatable bonds is 5. The van der Waals surface area contributed by atoms with Gasteiger partial charge in [0.05, 0.1) is 11.0 Å². The Morgan fingerprint density at radius 3 is 2.38 bits per heavy atom. The minimum absolute atomic E-state index is 0.203. The largest absolute Gasteiger partial charge is 0.391 e. The summed E-state index contributed by atoms with van der Waals surface area (Å²) in [6.07, 6.45) is 0.633. The van der Waals surface area contributed by atoms with Gasteiger partial charge in [-0.2, -0.15) is 0 Å². The molecular formula is C10H13ClO3S2. The fourth-order valence-corrected chi connectivity index (χ4v) is 2.72. The van der Waals surface area contributed by atoms with Crippen LogP contribution in [0.15, 0.2) is 34.1 Å². The molecule has 1 aromatic rings. The third kappa shape index (κ3) is 4.33. The SMILES string of the molecule is CS(=O)(=O)c1ccc(SCC(O)CCl)cc1. The number of halogens is 1. The van der Waals surface area contributed by atoms with Gasteiger partial charge in [0, 0.05) is 22.8 Å². The Bertz CT molecular complexity index is 428. The molecule has 16 heavy (non-hydrogen) atoms. The molecule has 0 fully saturated rings. The molecule has 1 atom stereocenters. The van der Waals surface area contributed by atoms with Crippen molar-refractivity contribution in [2.75, 3.05) is 17.9 Å². The molecule has 1 aromatic carbocycles. The van der Waals surface area contributed by atoms with Crippen molar-refractivity contribution in [3.8, 4) is 0 Å². The molecule has 1 N–H and O–H groups in total. The third-order valence-electron chi connectivity index (χ3n) is 1.87. The second-order valence-corrected chi connectivity index (χ2v) is 6.78. The molecule has 0 saturated heterocycles. The Morgan fingerprint density at radius 1 is 1.38 bits per heavy atom. The summed E-state index contributed by atoms with van der Waals surface area (Å²) in [5.41, 5.74) is 0. The van der Waals surface area contributed by atoms with E-state index in [-0.39, 0.29) is 5.88 Å². The summed E-state index contributed by atoms with van der Waals surface area (Å²) in [5.74, 6) is 0.705. The van der Waals surface area contributed by atoms with Crippen molar-refractivity contribution < 1.29 is 13.5 Å². The van der Waals surface area contributed by atoms with E-state index in [1.165, 1.54) is 18.0 Å². The Morgan fingerprint density at radius 2 is 1.94 bits per heavy atom. The highest BCUT2D eigenvalue weighted by Gasteiger charge is 2.07. The van der Waals surface area contributed by atoms with Crippen LogP contribution in [0, 0.1) is 0 Å². The topological polar surface area (TPSA) is 54.4 Å². The summed E-state index contributed by atoms with van der Waals surface area (Å²) >= 11 is 6.90. The van der Waals surface area contributed by atoms with Gasteiger partial charge in [-0.15, -0.1) is 23.4 Å². The first-order valence-electron chi connectivity index (χ1n) is 4.60. The van der Waals surface area contributed by atoms with Crippen LogP contribution in [0.25, 0.3) is 0 Å². The summed E-state index contributed by atoms with van der Waals surface area (Å²) < 4.78 is 22.4. The van der Waals surface area contributed by atoms with Crippen molar-refractivity contribution in [1.29, 1.82) is 0 Å². The van der Waals surface area contributed by atoms with Crippen molar-refractivity contribution >= 4 is 33.2 Å². The average molecular weight is 281 g/mol. The molecule has 0 aliphatic rings. The Labute approximate surface area is 105 Å². The van der Waals surface area contributed by atoms with Gasteiger partial charge in [-0.3, -0.25) is 0 Å². The van der Waals surface area contributed by atoms with Crippen molar-refractivity contribution in [3.63, 3.8) is 0 Å². The summed E-state index contributed by atoms with van der Waals surface area (Å²) in [5, 5.41) is 9.25. The monoisotopic (exact) mass is 280 g/mol. The molecule has 0 amide bonds. The highest BCUT2D eigenvalue weighted by atomic mass is 35.5. The molecule has 1 unspecified atom stereocenters. The molecule has 1 rings (SSSR count). The van der Waals surface area contributed by atoms with E-state index >= 15 is 0 Å². The van der Waals surface area contributed by atoms with Gasteiger partial charge in [-0.05, 0) is 24.3 Å². The molecule has 90 valence electrons. The van der Waals surface area contributed by atoms with Crippen LogP contribution < -0.4 is 0 Å². The molecule has 0 radical (unpaired) electrons. The molecule has 0 saturated carbocycles. The number of alkyl halides is 1. The molecule has 6 heteroatoms. The van der Waals surface area contributed by atoms with Crippen LogP contribution in [-0.2, 0) is 9.84 Å². The lowest BCUT2D eigenvalue weighted by atomic mass is 10.4. The zero-order chi connectivity index (χ0) is 12.2. The second-order valence-electron chi connectivity index (χ2n) is 3.36. The van der Waals surface area contributed by atoms with Crippen LogP contribution in [0.4, 0.5) is 0 Å². The normalized spacial score (nSPS) is 13.7. The second kappa shape index (κ2) is 5.91. The summed E-state index contributed by atoms with van der Waals surface area (Å²) in [4.78, 5) is 1.21. The van der Waals surface area contributed by atoms with Crippen LogP contribution in [0.3, 0.4) is 0 Å². The van der Waals surface area contributed by atoms with Gasteiger partial charge in [0.25, 0.3) is 0 Å². The lowest BCUT2D eigenvalue weighted by Gasteiger charge is -2.06. The Balaban J connectivity index is 2.66. The molecule has 0 spiro atoms. The van der Waals surface area contributed by atoms with Gasteiger partial charge in [-0.25, -0.2) is 8.42 Å². The molecule has 0 aromatic heterocycles. The van der Waals surface area contributed by atoms with Crippen molar-refractivity contribution in [2.24, 2.45) is 0 Å². The van der Waals surface area contributed by atoms with Crippen LogP contribution in [0.5, 0.6) is 0 Å². The maximum Gasteiger partial charge on any atom is 0.175 e. The summed E-state index contributed by atoms with van der Waals surface area (Å²) in [7, 11) is -3.14. The minimum atomic E-state index is -3.14.